The van der Waals surface area contributed by atoms with Crippen molar-refractivity contribution in [2.75, 3.05) is 19.6 Å². The van der Waals surface area contributed by atoms with Crippen LogP contribution in [0.3, 0.4) is 0 Å². The van der Waals surface area contributed by atoms with Crippen molar-refractivity contribution in [3.8, 4) is 11.3 Å². The van der Waals surface area contributed by atoms with E-state index in [2.05, 4.69) is 25.6 Å². The summed E-state index contributed by atoms with van der Waals surface area (Å²) in [6, 6.07) is 1.79. The number of carbonyl (C=O) groups excluding carboxylic acids is 1. The molecule has 11 heteroatoms. The normalized spacial score (nSPS) is 16.2. The molecular weight excluding hydrogens is 423 g/mol. The Bertz CT molecular complexity index is 1110. The molecule has 1 fully saturated rings. The number of halogens is 3. The molecule has 32 heavy (non-hydrogen) atoms. The summed E-state index contributed by atoms with van der Waals surface area (Å²) in [6.07, 6.45) is 0.0615. The van der Waals surface area contributed by atoms with Crippen LogP contribution in [0, 0.1) is 6.92 Å². The maximum Gasteiger partial charge on any atom is 0.401 e. The van der Waals surface area contributed by atoms with Crippen molar-refractivity contribution >= 4 is 11.6 Å². The molecular formula is C21H26F3N7O. The second-order valence-corrected chi connectivity index (χ2v) is 8.59. The summed E-state index contributed by atoms with van der Waals surface area (Å²) in [5, 5.41) is 14.5. The average Bonchev–Trinajstić information content (AvgIpc) is 3.35. The highest BCUT2D eigenvalue weighted by Crippen LogP contribution is 2.31. The van der Waals surface area contributed by atoms with Gasteiger partial charge in [-0.2, -0.15) is 23.4 Å². The molecule has 3 aromatic rings. The van der Waals surface area contributed by atoms with Gasteiger partial charge in [-0.05, 0) is 37.3 Å². The predicted octanol–water partition coefficient (Wildman–Crippen LogP) is 3.31. The molecule has 3 aromatic heterocycles. The summed E-state index contributed by atoms with van der Waals surface area (Å²) < 4.78 is 39.5. The highest BCUT2D eigenvalue weighted by atomic mass is 19.4. The third-order valence-electron chi connectivity index (χ3n) is 5.77. The second-order valence-electron chi connectivity index (χ2n) is 8.59. The molecule has 1 aliphatic rings. The number of hydrogen-bond acceptors (Lipinski definition) is 5. The summed E-state index contributed by atoms with van der Waals surface area (Å²) in [6.45, 7) is 5.60. The van der Waals surface area contributed by atoms with Crippen LogP contribution in [0.4, 0.5) is 13.2 Å². The van der Waals surface area contributed by atoms with Crippen molar-refractivity contribution in [3.05, 3.63) is 35.4 Å². The lowest BCUT2D eigenvalue weighted by molar-refractivity contribution is -0.148. The van der Waals surface area contributed by atoms with E-state index in [4.69, 9.17) is 0 Å². The highest BCUT2D eigenvalue weighted by molar-refractivity contribution is 5.96. The Hall–Kier alpha value is -2.95. The van der Waals surface area contributed by atoms with Gasteiger partial charge >= 0.3 is 6.18 Å². The highest BCUT2D eigenvalue weighted by Gasteiger charge is 2.33. The molecule has 4 heterocycles. The molecule has 0 saturated carbocycles. The van der Waals surface area contributed by atoms with E-state index >= 15 is 0 Å². The fraction of sp³-hybridized carbons (Fsp3) is 0.524. The van der Waals surface area contributed by atoms with Gasteiger partial charge in [-0.1, -0.05) is 13.8 Å². The molecule has 8 nitrogen and oxygen atoms in total. The molecule has 0 radical (unpaired) electrons. The van der Waals surface area contributed by atoms with Crippen LogP contribution < -0.4 is 5.32 Å². The van der Waals surface area contributed by atoms with Gasteiger partial charge in [-0.15, -0.1) is 0 Å². The SMILES string of the molecule is Cc1cc(-c2[nH]nc(C(=O)NC3CCN(CC(F)(F)F)CC3)c2C(C)C)cn2ncnc12. The number of aromatic nitrogens is 5. The summed E-state index contributed by atoms with van der Waals surface area (Å²) in [7, 11) is 0. The van der Waals surface area contributed by atoms with Crippen molar-refractivity contribution in [3.63, 3.8) is 0 Å². The van der Waals surface area contributed by atoms with E-state index in [1.165, 1.54) is 11.2 Å². The van der Waals surface area contributed by atoms with E-state index in [9.17, 15) is 18.0 Å². The summed E-state index contributed by atoms with van der Waals surface area (Å²) in [5.74, 6) is -0.297. The van der Waals surface area contributed by atoms with E-state index < -0.39 is 12.7 Å². The van der Waals surface area contributed by atoms with Crippen LogP contribution in [-0.2, 0) is 0 Å². The number of aryl methyl sites for hydroxylation is 1. The smallest absolute Gasteiger partial charge is 0.348 e. The third kappa shape index (κ3) is 4.62. The van der Waals surface area contributed by atoms with Crippen molar-refractivity contribution in [2.45, 2.75) is 51.7 Å². The van der Waals surface area contributed by atoms with Crippen molar-refractivity contribution < 1.29 is 18.0 Å². The van der Waals surface area contributed by atoms with Gasteiger partial charge in [0, 0.05) is 36.5 Å². The Morgan fingerprint density at radius 1 is 1.31 bits per heavy atom. The minimum absolute atomic E-state index is 0.0184. The fourth-order valence-corrected chi connectivity index (χ4v) is 4.28. The number of amides is 1. The summed E-state index contributed by atoms with van der Waals surface area (Å²) in [4.78, 5) is 18.6. The molecule has 1 saturated heterocycles. The Morgan fingerprint density at radius 3 is 2.69 bits per heavy atom. The number of carbonyl (C=O) groups is 1. The molecule has 0 aliphatic carbocycles. The zero-order chi connectivity index (χ0) is 23.0. The first-order valence-corrected chi connectivity index (χ1v) is 10.6. The zero-order valence-corrected chi connectivity index (χ0v) is 18.2. The largest absolute Gasteiger partial charge is 0.401 e. The Morgan fingerprint density at radius 2 is 2.03 bits per heavy atom. The standard InChI is InChI=1S/C21H26F3N7O/c1-12(2)16-17(14-8-13(3)19-25-11-26-31(19)9-14)28-29-18(16)20(32)27-15-4-6-30(7-5-15)10-21(22,23)24/h8-9,11-12,15H,4-7,10H2,1-3H3,(H,27,32)(H,28,29). The maximum absolute atomic E-state index is 13.0. The van der Waals surface area contributed by atoms with E-state index in [-0.39, 0.29) is 17.9 Å². The van der Waals surface area contributed by atoms with Crippen molar-refractivity contribution in [1.29, 1.82) is 0 Å². The lowest BCUT2D eigenvalue weighted by Crippen LogP contribution is -2.47. The molecule has 0 aromatic carbocycles. The van der Waals surface area contributed by atoms with Gasteiger partial charge in [-0.3, -0.25) is 14.8 Å². The maximum atomic E-state index is 13.0. The molecule has 172 valence electrons. The van der Waals surface area contributed by atoms with Crippen LogP contribution in [0.15, 0.2) is 18.6 Å². The molecule has 2 N–H and O–H groups in total. The van der Waals surface area contributed by atoms with Gasteiger partial charge in [0.15, 0.2) is 11.3 Å². The number of pyridine rings is 1. The van der Waals surface area contributed by atoms with Crippen molar-refractivity contribution in [2.24, 2.45) is 0 Å². The average molecular weight is 449 g/mol. The van der Waals surface area contributed by atoms with Gasteiger partial charge in [0.2, 0.25) is 0 Å². The molecule has 0 spiro atoms. The number of piperidine rings is 1. The number of alkyl halides is 3. The first-order valence-electron chi connectivity index (χ1n) is 10.6. The predicted molar refractivity (Wildman–Crippen MR) is 112 cm³/mol. The second kappa shape index (κ2) is 8.53. The minimum Gasteiger partial charge on any atom is -0.348 e. The number of fused-ring (bicyclic) bond motifs is 1. The van der Waals surface area contributed by atoms with Gasteiger partial charge in [0.05, 0.1) is 12.2 Å². The third-order valence-corrected chi connectivity index (χ3v) is 5.77. The Labute approximate surface area is 183 Å². The monoisotopic (exact) mass is 449 g/mol. The van der Waals surface area contributed by atoms with Crippen LogP contribution in [0.1, 0.15) is 54.2 Å². The number of hydrogen-bond donors (Lipinski definition) is 2. The topological polar surface area (TPSA) is 91.2 Å². The van der Waals surface area contributed by atoms with Crippen LogP contribution >= 0.6 is 0 Å². The van der Waals surface area contributed by atoms with Gasteiger partial charge in [0.1, 0.15) is 6.33 Å². The first kappa shape index (κ1) is 22.3. The summed E-state index contributed by atoms with van der Waals surface area (Å²) >= 11 is 0. The summed E-state index contributed by atoms with van der Waals surface area (Å²) in [5.41, 5.74) is 4.39. The fourth-order valence-electron chi connectivity index (χ4n) is 4.28. The first-order chi connectivity index (χ1) is 15.1. The molecule has 0 atom stereocenters. The Kier molecular flexibility index (Phi) is 5.93. The van der Waals surface area contributed by atoms with Gasteiger partial charge in [0.25, 0.3) is 5.91 Å². The van der Waals surface area contributed by atoms with Crippen molar-refractivity contribution in [1.82, 2.24) is 35.0 Å². The molecule has 0 unspecified atom stereocenters. The van der Waals surface area contributed by atoms with Gasteiger partial charge < -0.3 is 5.32 Å². The van der Waals surface area contributed by atoms with Gasteiger partial charge in [-0.25, -0.2) is 9.50 Å². The lowest BCUT2D eigenvalue weighted by atomic mass is 9.96. The van der Waals surface area contributed by atoms with E-state index in [1.54, 1.807) is 4.52 Å². The van der Waals surface area contributed by atoms with Crippen LogP contribution in [-0.4, -0.2) is 67.5 Å². The number of H-pyrrole nitrogens is 1. The number of rotatable bonds is 5. The van der Waals surface area contributed by atoms with Crippen LogP contribution in [0.25, 0.3) is 16.9 Å². The quantitative estimate of drug-likeness (QED) is 0.624. The zero-order valence-electron chi connectivity index (χ0n) is 18.2. The minimum atomic E-state index is -4.21. The molecule has 4 rings (SSSR count). The molecule has 0 bridgehead atoms. The molecule has 1 aliphatic heterocycles. The Balaban J connectivity index is 1.52. The van der Waals surface area contributed by atoms with Crippen LogP contribution in [0.5, 0.6) is 0 Å². The van der Waals surface area contributed by atoms with E-state index in [1.807, 2.05) is 33.0 Å². The molecule has 1 amide bonds. The number of likely N-dealkylation sites (tertiary alicyclic amines) is 1. The lowest BCUT2D eigenvalue weighted by Gasteiger charge is -2.32. The van der Waals surface area contributed by atoms with Crippen LogP contribution in [0.2, 0.25) is 0 Å². The number of aromatic amines is 1. The number of nitrogens with one attached hydrogen (secondary N) is 2. The van der Waals surface area contributed by atoms with E-state index in [0.717, 1.165) is 28.0 Å². The van der Waals surface area contributed by atoms with E-state index in [0.29, 0.717) is 31.6 Å². The number of nitrogens with zero attached hydrogens (tertiary/aromatic N) is 5.